The van der Waals surface area contributed by atoms with Crippen molar-refractivity contribution in [2.45, 2.75) is 26.0 Å². The number of nitrogens with zero attached hydrogens (tertiary/aromatic N) is 1. The van der Waals surface area contributed by atoms with Crippen LogP contribution in [-0.2, 0) is 13.0 Å². The van der Waals surface area contributed by atoms with E-state index in [-0.39, 0.29) is 11.7 Å². The number of nitrogens with two attached hydrogens (primary N) is 1. The van der Waals surface area contributed by atoms with E-state index < -0.39 is 6.61 Å². The summed E-state index contributed by atoms with van der Waals surface area (Å²) in [7, 11) is 0. The molecule has 0 spiro atoms. The fourth-order valence-corrected chi connectivity index (χ4v) is 2.90. The number of benzene rings is 2. The average molecular weight is 332 g/mol. The summed E-state index contributed by atoms with van der Waals surface area (Å²) < 4.78 is 29.1. The Bertz CT molecular complexity index is 732. The number of fused-ring (bicyclic) bond motifs is 1. The number of halogens is 2. The molecule has 4 nitrogen and oxygen atoms in total. The molecule has 0 fully saturated rings. The smallest absolute Gasteiger partial charge is 0.387 e. The highest BCUT2D eigenvalue weighted by atomic mass is 19.3. The Hall–Kier alpha value is -2.47. The van der Waals surface area contributed by atoms with Gasteiger partial charge in [-0.15, -0.1) is 0 Å². The second kappa shape index (κ2) is 6.97. The minimum atomic E-state index is -2.86. The number of alkyl halides is 2. The Balaban J connectivity index is 1.86. The SMILES string of the molecule is NCc1ccc(C(=O)N2CCCc3cc(OC(F)F)ccc32)cc1. The molecule has 0 radical (unpaired) electrons. The van der Waals surface area contributed by atoms with Crippen LogP contribution in [0.25, 0.3) is 0 Å². The van der Waals surface area contributed by atoms with Crippen molar-refractivity contribution in [1.82, 2.24) is 0 Å². The van der Waals surface area contributed by atoms with Gasteiger partial charge < -0.3 is 15.4 Å². The van der Waals surface area contributed by atoms with E-state index in [9.17, 15) is 13.6 Å². The van der Waals surface area contributed by atoms with Gasteiger partial charge >= 0.3 is 6.61 Å². The first-order chi connectivity index (χ1) is 11.6. The summed E-state index contributed by atoms with van der Waals surface area (Å²) in [6.07, 6.45) is 1.50. The molecule has 2 aromatic rings. The van der Waals surface area contributed by atoms with Crippen LogP contribution in [0.3, 0.4) is 0 Å². The molecule has 0 unspecified atom stereocenters. The summed E-state index contributed by atoms with van der Waals surface area (Å²) in [5.41, 5.74) is 8.69. The van der Waals surface area contributed by atoms with Crippen LogP contribution in [0.2, 0.25) is 0 Å². The van der Waals surface area contributed by atoms with E-state index in [1.165, 1.54) is 6.07 Å². The average Bonchev–Trinajstić information content (AvgIpc) is 2.60. The number of amides is 1. The van der Waals surface area contributed by atoms with Crippen molar-refractivity contribution in [2.75, 3.05) is 11.4 Å². The zero-order chi connectivity index (χ0) is 17.1. The van der Waals surface area contributed by atoms with Crippen molar-refractivity contribution >= 4 is 11.6 Å². The largest absolute Gasteiger partial charge is 0.435 e. The molecule has 0 bridgehead atoms. The molecule has 1 aliphatic rings. The molecule has 2 aromatic carbocycles. The molecular formula is C18H18F2N2O2. The van der Waals surface area contributed by atoms with Gasteiger partial charge in [0.1, 0.15) is 5.75 Å². The Labute approximate surface area is 138 Å². The lowest BCUT2D eigenvalue weighted by Crippen LogP contribution is -2.35. The third kappa shape index (κ3) is 3.38. The molecule has 0 atom stereocenters. The second-order valence-corrected chi connectivity index (χ2v) is 5.63. The molecule has 24 heavy (non-hydrogen) atoms. The molecule has 0 aromatic heterocycles. The van der Waals surface area contributed by atoms with Crippen molar-refractivity contribution in [2.24, 2.45) is 5.73 Å². The molecular weight excluding hydrogens is 314 g/mol. The molecule has 1 aliphatic heterocycles. The first-order valence-electron chi connectivity index (χ1n) is 7.77. The van der Waals surface area contributed by atoms with Crippen LogP contribution >= 0.6 is 0 Å². The van der Waals surface area contributed by atoms with Crippen LogP contribution in [-0.4, -0.2) is 19.1 Å². The summed E-state index contributed by atoms with van der Waals surface area (Å²) in [6.45, 7) is -1.83. The van der Waals surface area contributed by atoms with Gasteiger partial charge in [-0.3, -0.25) is 4.79 Å². The van der Waals surface area contributed by atoms with Crippen LogP contribution < -0.4 is 15.4 Å². The molecule has 0 aliphatic carbocycles. The van der Waals surface area contributed by atoms with Gasteiger partial charge in [-0.25, -0.2) is 0 Å². The molecule has 0 saturated carbocycles. The minimum absolute atomic E-state index is 0.109. The molecule has 126 valence electrons. The van der Waals surface area contributed by atoms with E-state index in [0.29, 0.717) is 18.7 Å². The number of carbonyl (C=O) groups excluding carboxylic acids is 1. The van der Waals surface area contributed by atoms with Gasteiger partial charge in [0.05, 0.1) is 0 Å². The predicted octanol–water partition coefficient (Wildman–Crippen LogP) is 3.34. The first kappa shape index (κ1) is 16.4. The highest BCUT2D eigenvalue weighted by molar-refractivity contribution is 6.06. The Morgan fingerprint density at radius 2 is 1.96 bits per heavy atom. The van der Waals surface area contributed by atoms with Gasteiger partial charge in [0, 0.05) is 24.3 Å². The maximum Gasteiger partial charge on any atom is 0.387 e. The van der Waals surface area contributed by atoms with Gasteiger partial charge in [-0.2, -0.15) is 8.78 Å². The topological polar surface area (TPSA) is 55.6 Å². The molecule has 1 heterocycles. The predicted molar refractivity (Wildman–Crippen MR) is 87.4 cm³/mol. The lowest BCUT2D eigenvalue weighted by molar-refractivity contribution is -0.0498. The third-order valence-electron chi connectivity index (χ3n) is 4.08. The van der Waals surface area contributed by atoms with Gasteiger partial charge in [0.15, 0.2) is 0 Å². The van der Waals surface area contributed by atoms with Crippen LogP contribution in [0.15, 0.2) is 42.5 Å². The molecule has 2 N–H and O–H groups in total. The minimum Gasteiger partial charge on any atom is -0.435 e. The normalized spacial score (nSPS) is 13.8. The lowest BCUT2D eigenvalue weighted by Gasteiger charge is -2.30. The fraction of sp³-hybridized carbons (Fsp3) is 0.278. The molecule has 0 saturated heterocycles. The maximum absolute atomic E-state index is 12.8. The summed E-state index contributed by atoms with van der Waals surface area (Å²) in [5.74, 6) is 0.00685. The quantitative estimate of drug-likeness (QED) is 0.934. The van der Waals surface area contributed by atoms with Crippen molar-refractivity contribution in [3.8, 4) is 5.75 Å². The van der Waals surface area contributed by atoms with Gasteiger partial charge in [0.25, 0.3) is 5.91 Å². The van der Waals surface area contributed by atoms with E-state index in [1.807, 2.05) is 12.1 Å². The van der Waals surface area contributed by atoms with Crippen molar-refractivity contribution in [3.63, 3.8) is 0 Å². The van der Waals surface area contributed by atoms with Crippen LogP contribution in [0.4, 0.5) is 14.5 Å². The van der Waals surface area contributed by atoms with Crippen LogP contribution in [0, 0.1) is 0 Å². The highest BCUT2D eigenvalue weighted by Gasteiger charge is 2.24. The number of hydrogen-bond acceptors (Lipinski definition) is 3. The number of hydrogen-bond donors (Lipinski definition) is 1. The number of carbonyl (C=O) groups is 1. The molecule has 6 heteroatoms. The summed E-state index contributed by atoms with van der Waals surface area (Å²) >= 11 is 0. The third-order valence-corrected chi connectivity index (χ3v) is 4.08. The van der Waals surface area contributed by atoms with Crippen molar-refractivity contribution in [3.05, 3.63) is 59.2 Å². The van der Waals surface area contributed by atoms with E-state index in [1.54, 1.807) is 29.2 Å². The monoisotopic (exact) mass is 332 g/mol. The second-order valence-electron chi connectivity index (χ2n) is 5.63. The van der Waals surface area contributed by atoms with E-state index >= 15 is 0 Å². The number of aryl methyl sites for hydroxylation is 1. The van der Waals surface area contributed by atoms with Gasteiger partial charge in [0.2, 0.25) is 0 Å². The Morgan fingerprint density at radius 1 is 1.21 bits per heavy atom. The van der Waals surface area contributed by atoms with Crippen molar-refractivity contribution < 1.29 is 18.3 Å². The van der Waals surface area contributed by atoms with Crippen LogP contribution in [0.1, 0.15) is 27.9 Å². The summed E-state index contributed by atoms with van der Waals surface area (Å²) in [6, 6.07) is 11.9. The van der Waals surface area contributed by atoms with E-state index in [0.717, 1.165) is 29.7 Å². The van der Waals surface area contributed by atoms with Gasteiger partial charge in [-0.05, 0) is 54.3 Å². The first-order valence-corrected chi connectivity index (χ1v) is 7.77. The zero-order valence-corrected chi connectivity index (χ0v) is 13.0. The number of rotatable bonds is 4. The van der Waals surface area contributed by atoms with E-state index in [4.69, 9.17) is 5.73 Å². The zero-order valence-electron chi connectivity index (χ0n) is 13.0. The summed E-state index contributed by atoms with van der Waals surface area (Å²) in [4.78, 5) is 14.5. The highest BCUT2D eigenvalue weighted by Crippen LogP contribution is 2.32. The fourth-order valence-electron chi connectivity index (χ4n) is 2.90. The standard InChI is InChI=1S/C18H18F2N2O2/c19-18(20)24-15-7-8-16-14(10-15)2-1-9-22(16)17(23)13-5-3-12(11-21)4-6-13/h3-8,10,18H,1-2,9,11,21H2. The summed E-state index contributed by atoms with van der Waals surface area (Å²) in [5, 5.41) is 0. The van der Waals surface area contributed by atoms with Crippen molar-refractivity contribution in [1.29, 1.82) is 0 Å². The van der Waals surface area contributed by atoms with E-state index in [2.05, 4.69) is 4.74 Å². The van der Waals surface area contributed by atoms with Crippen LogP contribution in [0.5, 0.6) is 5.75 Å². The lowest BCUT2D eigenvalue weighted by atomic mass is 10.00. The molecule has 1 amide bonds. The number of anilines is 1. The Kier molecular flexibility index (Phi) is 4.76. The maximum atomic E-state index is 12.8. The van der Waals surface area contributed by atoms with Gasteiger partial charge in [-0.1, -0.05) is 12.1 Å². The number of ether oxygens (including phenoxy) is 1. The Morgan fingerprint density at radius 3 is 2.62 bits per heavy atom. The molecule has 3 rings (SSSR count).